The van der Waals surface area contributed by atoms with E-state index in [1.165, 1.54) is 12.4 Å². The summed E-state index contributed by atoms with van der Waals surface area (Å²) < 4.78 is 46.4. The second-order valence-electron chi connectivity index (χ2n) is 7.48. The molecule has 0 bridgehead atoms. The van der Waals surface area contributed by atoms with Crippen molar-refractivity contribution in [1.82, 2.24) is 15.6 Å². The molecule has 2 N–H and O–H groups in total. The number of nitrogens with one attached hydrogen (secondary N) is 2. The highest BCUT2D eigenvalue weighted by Crippen LogP contribution is 2.40. The number of ether oxygens (including phenoxy) is 1. The van der Waals surface area contributed by atoms with E-state index in [2.05, 4.69) is 15.6 Å². The Balaban J connectivity index is 1.80. The lowest BCUT2D eigenvalue weighted by molar-refractivity contribution is -0.136. The lowest BCUT2D eigenvalue weighted by Crippen LogP contribution is -2.41. The van der Waals surface area contributed by atoms with E-state index in [0.717, 1.165) is 23.8 Å². The molecule has 2 aromatic rings. The number of hydrogen-bond donors (Lipinski definition) is 2. The van der Waals surface area contributed by atoms with Crippen LogP contribution in [0.5, 0.6) is 0 Å². The van der Waals surface area contributed by atoms with Crippen molar-refractivity contribution < 1.29 is 27.5 Å². The number of thiophene rings is 1. The standard InChI is InChI=1S/C20H25F3N4O3S/c1-4-11(2)25-19(29)30-12-5-7-27(8-6-12)15-9-14(20(21,22)23)17-16(26-15)13(10-31-17)18(28)24-3/h9-12H,4-8H2,1-3H3,(H,24,28)(H,25,29)/t11-/m0/s1. The van der Waals surface area contributed by atoms with Gasteiger partial charge in [0.25, 0.3) is 5.91 Å². The summed E-state index contributed by atoms with van der Waals surface area (Å²) in [5.74, 6) is -0.325. The van der Waals surface area contributed by atoms with Gasteiger partial charge in [0.05, 0.1) is 21.3 Å². The van der Waals surface area contributed by atoms with Crippen LogP contribution in [0.2, 0.25) is 0 Å². The van der Waals surface area contributed by atoms with Crippen LogP contribution in [-0.2, 0) is 10.9 Å². The molecule has 11 heteroatoms. The average molecular weight is 459 g/mol. The number of nitrogens with zero attached hydrogens (tertiary/aromatic N) is 2. The van der Waals surface area contributed by atoms with Gasteiger partial charge in [0.15, 0.2) is 0 Å². The van der Waals surface area contributed by atoms with Gasteiger partial charge in [-0.2, -0.15) is 13.2 Å². The average Bonchev–Trinajstić information content (AvgIpc) is 3.16. The summed E-state index contributed by atoms with van der Waals surface area (Å²) in [6.07, 6.45) is -3.64. The van der Waals surface area contributed by atoms with E-state index in [-0.39, 0.29) is 33.7 Å². The third-order valence-corrected chi connectivity index (χ3v) is 6.31. The molecular formula is C20H25F3N4O3S. The Bertz CT molecular complexity index is 955. The summed E-state index contributed by atoms with van der Waals surface area (Å²) in [5.41, 5.74) is -0.644. The van der Waals surface area contributed by atoms with Gasteiger partial charge in [-0.15, -0.1) is 11.3 Å². The highest BCUT2D eigenvalue weighted by atomic mass is 32.1. The van der Waals surface area contributed by atoms with Crippen LogP contribution in [-0.4, -0.2) is 49.3 Å². The maximum atomic E-state index is 13.7. The first-order chi connectivity index (χ1) is 14.6. The molecule has 1 aliphatic heterocycles. The van der Waals surface area contributed by atoms with Gasteiger partial charge in [0.1, 0.15) is 11.9 Å². The molecule has 3 heterocycles. The first-order valence-corrected chi connectivity index (χ1v) is 11.0. The Labute approximate surface area is 182 Å². The maximum Gasteiger partial charge on any atom is 0.417 e. The van der Waals surface area contributed by atoms with Crippen molar-refractivity contribution in [3.63, 3.8) is 0 Å². The summed E-state index contributed by atoms with van der Waals surface area (Å²) >= 11 is 0.854. The van der Waals surface area contributed by atoms with Crippen LogP contribution in [0, 0.1) is 0 Å². The molecule has 0 aromatic carbocycles. The summed E-state index contributed by atoms with van der Waals surface area (Å²) in [6.45, 7) is 4.60. The van der Waals surface area contributed by atoms with Crippen molar-refractivity contribution in [2.45, 2.75) is 51.4 Å². The van der Waals surface area contributed by atoms with Gasteiger partial charge in [-0.3, -0.25) is 4.79 Å². The van der Waals surface area contributed by atoms with Gasteiger partial charge in [-0.05, 0) is 19.4 Å². The molecule has 1 saturated heterocycles. The molecule has 1 fully saturated rings. The van der Waals surface area contributed by atoms with Crippen LogP contribution in [0.3, 0.4) is 0 Å². The minimum absolute atomic E-state index is 0.00411. The van der Waals surface area contributed by atoms with Crippen LogP contribution in [0.25, 0.3) is 10.2 Å². The number of rotatable bonds is 5. The minimum Gasteiger partial charge on any atom is -0.446 e. The molecule has 0 aliphatic carbocycles. The van der Waals surface area contributed by atoms with Gasteiger partial charge >= 0.3 is 12.3 Å². The van der Waals surface area contributed by atoms with Gasteiger partial charge in [-0.25, -0.2) is 9.78 Å². The second-order valence-corrected chi connectivity index (χ2v) is 8.36. The number of amides is 2. The van der Waals surface area contributed by atoms with Crippen LogP contribution in [0.4, 0.5) is 23.8 Å². The van der Waals surface area contributed by atoms with Crippen molar-refractivity contribution >= 4 is 39.4 Å². The Morgan fingerprint density at radius 1 is 1.35 bits per heavy atom. The zero-order chi connectivity index (χ0) is 22.8. The molecule has 3 rings (SSSR count). The number of fused-ring (bicyclic) bond motifs is 1. The Hall–Kier alpha value is -2.56. The van der Waals surface area contributed by atoms with E-state index in [1.54, 1.807) is 4.90 Å². The summed E-state index contributed by atoms with van der Waals surface area (Å²) in [5, 5.41) is 6.57. The van der Waals surface area contributed by atoms with Crippen LogP contribution >= 0.6 is 11.3 Å². The Kier molecular flexibility index (Phi) is 6.93. The number of carbonyl (C=O) groups excluding carboxylic acids is 2. The highest BCUT2D eigenvalue weighted by Gasteiger charge is 2.36. The zero-order valence-corrected chi connectivity index (χ0v) is 18.3. The fourth-order valence-electron chi connectivity index (χ4n) is 3.35. The van der Waals surface area contributed by atoms with Crippen molar-refractivity contribution in [2.24, 2.45) is 0 Å². The highest BCUT2D eigenvalue weighted by molar-refractivity contribution is 7.17. The maximum absolute atomic E-state index is 13.7. The van der Waals surface area contributed by atoms with E-state index in [9.17, 15) is 22.8 Å². The number of aromatic nitrogens is 1. The van der Waals surface area contributed by atoms with E-state index in [1.807, 2.05) is 13.8 Å². The molecule has 0 spiro atoms. The number of carbonyl (C=O) groups is 2. The summed E-state index contributed by atoms with van der Waals surface area (Å²) in [7, 11) is 1.42. The molecule has 1 atom stereocenters. The smallest absolute Gasteiger partial charge is 0.417 e. The molecule has 0 unspecified atom stereocenters. The second kappa shape index (κ2) is 9.29. The van der Waals surface area contributed by atoms with Crippen molar-refractivity contribution in [2.75, 3.05) is 25.0 Å². The Morgan fingerprint density at radius 3 is 2.61 bits per heavy atom. The minimum atomic E-state index is -4.57. The third kappa shape index (κ3) is 5.20. The fraction of sp³-hybridized carbons (Fsp3) is 0.550. The predicted octanol–water partition coefficient (Wildman–Crippen LogP) is 4.17. The van der Waals surface area contributed by atoms with Crippen LogP contribution in [0.1, 0.15) is 49.0 Å². The number of halogens is 3. The molecule has 2 amide bonds. The largest absolute Gasteiger partial charge is 0.446 e. The van der Waals surface area contributed by atoms with E-state index in [0.29, 0.717) is 25.9 Å². The predicted molar refractivity (Wildman–Crippen MR) is 113 cm³/mol. The normalized spacial score (nSPS) is 16.3. The molecule has 31 heavy (non-hydrogen) atoms. The van der Waals surface area contributed by atoms with Gasteiger partial charge < -0.3 is 20.3 Å². The summed E-state index contributed by atoms with van der Waals surface area (Å²) in [4.78, 5) is 30.1. The monoisotopic (exact) mass is 458 g/mol. The fourth-order valence-corrected chi connectivity index (χ4v) is 4.38. The Morgan fingerprint density at radius 2 is 2.03 bits per heavy atom. The van der Waals surface area contributed by atoms with Crippen LogP contribution < -0.4 is 15.5 Å². The first kappa shape index (κ1) is 23.1. The number of alkyl halides is 3. The van der Waals surface area contributed by atoms with E-state index >= 15 is 0 Å². The number of piperidine rings is 1. The molecule has 7 nitrogen and oxygen atoms in total. The third-order valence-electron chi connectivity index (χ3n) is 5.30. The van der Waals surface area contributed by atoms with Crippen molar-refractivity contribution in [3.05, 3.63) is 22.6 Å². The van der Waals surface area contributed by atoms with Gasteiger partial charge in [-0.1, -0.05) is 6.92 Å². The molecular weight excluding hydrogens is 433 g/mol. The van der Waals surface area contributed by atoms with Crippen molar-refractivity contribution in [1.29, 1.82) is 0 Å². The lowest BCUT2D eigenvalue weighted by atomic mass is 10.1. The molecule has 0 saturated carbocycles. The summed E-state index contributed by atoms with van der Waals surface area (Å²) in [6, 6.07) is 1.04. The van der Waals surface area contributed by atoms with E-state index < -0.39 is 23.7 Å². The number of anilines is 1. The molecule has 1 aliphatic rings. The first-order valence-electron chi connectivity index (χ1n) is 10.1. The number of hydrogen-bond acceptors (Lipinski definition) is 6. The number of alkyl carbamates (subject to hydrolysis) is 1. The molecule has 0 radical (unpaired) electrons. The topological polar surface area (TPSA) is 83.6 Å². The van der Waals surface area contributed by atoms with Gasteiger partial charge in [0, 0.05) is 44.4 Å². The molecule has 2 aromatic heterocycles. The quantitative estimate of drug-likeness (QED) is 0.703. The zero-order valence-electron chi connectivity index (χ0n) is 17.5. The lowest BCUT2D eigenvalue weighted by Gasteiger charge is -2.33. The van der Waals surface area contributed by atoms with Crippen molar-refractivity contribution in [3.8, 4) is 0 Å². The van der Waals surface area contributed by atoms with E-state index in [4.69, 9.17) is 4.74 Å². The SMILES string of the molecule is CC[C@H](C)NC(=O)OC1CCN(c2cc(C(F)(F)F)c3scc(C(=O)NC)c3n2)CC1. The van der Waals surface area contributed by atoms with Crippen LogP contribution in [0.15, 0.2) is 11.4 Å². The number of pyridine rings is 1. The van der Waals surface area contributed by atoms with Gasteiger partial charge in [0.2, 0.25) is 0 Å². The molecule has 170 valence electrons.